The largest absolute Gasteiger partial charge is 0.347 e. The number of carbonyl (C=O) groups is 3. The Balaban J connectivity index is 1.28. The van der Waals surface area contributed by atoms with Crippen LogP contribution in [0, 0.1) is 0 Å². The van der Waals surface area contributed by atoms with Crippen molar-refractivity contribution in [2.24, 2.45) is 0 Å². The number of urea groups is 1. The van der Waals surface area contributed by atoms with Gasteiger partial charge in [0.25, 0.3) is 0 Å². The number of unbranched alkanes of at least 4 members (excludes halogenated alkanes) is 1. The molecular weight excluding hydrogens is 418 g/mol. The molecule has 0 spiro atoms. The van der Waals surface area contributed by atoms with E-state index < -0.39 is 0 Å². The standard InChI is InChI=1S/C20H37N7O3S/c28-17(4-2-1-3-16-19-15(14-31-16)25-20(30)26-19)24-13-18(29)27-11-9-22-7-5-21-6-8-23-10-12-27/h15-16,19,21-23H,1-14H2,(H,24,28)(H2,25,26,30)/t15-,16-,19?/m0/s1. The van der Waals surface area contributed by atoms with Crippen molar-refractivity contribution < 1.29 is 14.4 Å². The Morgan fingerprint density at radius 2 is 1.65 bits per heavy atom. The van der Waals surface area contributed by atoms with E-state index in [-0.39, 0.29) is 36.5 Å². The summed E-state index contributed by atoms with van der Waals surface area (Å²) in [5, 5.41) is 19.2. The molecule has 11 heteroatoms. The van der Waals surface area contributed by atoms with Crippen LogP contribution in [0.15, 0.2) is 0 Å². The van der Waals surface area contributed by atoms with E-state index in [1.54, 1.807) is 0 Å². The van der Waals surface area contributed by atoms with Crippen molar-refractivity contribution >= 4 is 29.6 Å². The number of carbonyl (C=O) groups excluding carboxylic acids is 3. The molecule has 0 aliphatic carbocycles. The Morgan fingerprint density at radius 3 is 2.35 bits per heavy atom. The first kappa shape index (κ1) is 24.1. The first-order valence-electron chi connectivity index (χ1n) is 11.5. The van der Waals surface area contributed by atoms with Crippen molar-refractivity contribution in [2.75, 3.05) is 64.7 Å². The summed E-state index contributed by atoms with van der Waals surface area (Å²) < 4.78 is 0. The molecule has 3 fully saturated rings. The third-order valence-corrected chi connectivity index (χ3v) is 7.45. The van der Waals surface area contributed by atoms with Crippen LogP contribution in [0.2, 0.25) is 0 Å². The SMILES string of the molecule is O=C(CCCC[C@@H]1SC[C@@H]2NC(=O)NC21)NCC(=O)N1CCNCCNCCNCC1. The number of amides is 4. The molecule has 3 aliphatic rings. The quantitative estimate of drug-likeness (QED) is 0.202. The van der Waals surface area contributed by atoms with Crippen molar-refractivity contribution in [1.29, 1.82) is 0 Å². The number of hydrogen-bond donors (Lipinski definition) is 6. The predicted molar refractivity (Wildman–Crippen MR) is 122 cm³/mol. The fourth-order valence-corrected chi connectivity index (χ4v) is 5.71. The molecule has 6 N–H and O–H groups in total. The van der Waals surface area contributed by atoms with Crippen LogP contribution < -0.4 is 31.9 Å². The zero-order valence-corrected chi connectivity index (χ0v) is 19.0. The summed E-state index contributed by atoms with van der Waals surface area (Å²) in [6.07, 6.45) is 3.15. The van der Waals surface area contributed by atoms with Gasteiger partial charge in [0.05, 0.1) is 18.6 Å². The van der Waals surface area contributed by atoms with E-state index in [2.05, 4.69) is 31.9 Å². The molecule has 31 heavy (non-hydrogen) atoms. The Bertz CT molecular complexity index is 597. The molecule has 3 heterocycles. The molecule has 3 atom stereocenters. The van der Waals surface area contributed by atoms with Gasteiger partial charge >= 0.3 is 6.03 Å². The van der Waals surface area contributed by atoms with Gasteiger partial charge in [-0.05, 0) is 12.8 Å². The summed E-state index contributed by atoms with van der Waals surface area (Å²) in [4.78, 5) is 38.0. The summed E-state index contributed by atoms with van der Waals surface area (Å²) in [6, 6.07) is 0.388. The van der Waals surface area contributed by atoms with Gasteiger partial charge in [0.1, 0.15) is 0 Å². The molecule has 0 radical (unpaired) electrons. The third kappa shape index (κ3) is 8.13. The van der Waals surface area contributed by atoms with E-state index in [1.807, 2.05) is 16.7 Å². The van der Waals surface area contributed by atoms with Gasteiger partial charge < -0.3 is 36.8 Å². The number of hydrogen-bond acceptors (Lipinski definition) is 7. The van der Waals surface area contributed by atoms with E-state index in [0.29, 0.717) is 24.8 Å². The topological polar surface area (TPSA) is 127 Å². The van der Waals surface area contributed by atoms with Gasteiger partial charge in [0.15, 0.2) is 0 Å². The maximum Gasteiger partial charge on any atom is 0.315 e. The average Bonchev–Trinajstić information content (AvgIpc) is 3.29. The molecule has 10 nitrogen and oxygen atoms in total. The van der Waals surface area contributed by atoms with E-state index in [0.717, 1.165) is 64.3 Å². The molecular formula is C20H37N7O3S. The van der Waals surface area contributed by atoms with Crippen molar-refractivity contribution in [3.8, 4) is 0 Å². The van der Waals surface area contributed by atoms with Gasteiger partial charge in [-0.2, -0.15) is 11.8 Å². The van der Waals surface area contributed by atoms with Crippen LogP contribution in [-0.4, -0.2) is 105 Å². The van der Waals surface area contributed by atoms with Gasteiger partial charge in [-0.3, -0.25) is 9.59 Å². The number of rotatable bonds is 7. The van der Waals surface area contributed by atoms with Crippen LogP contribution in [0.5, 0.6) is 0 Å². The molecule has 0 aromatic rings. The second-order valence-electron chi connectivity index (χ2n) is 8.28. The van der Waals surface area contributed by atoms with Crippen LogP contribution >= 0.6 is 11.8 Å². The maximum atomic E-state index is 12.6. The summed E-state index contributed by atoms with van der Waals surface area (Å²) in [7, 11) is 0. The highest BCUT2D eigenvalue weighted by Gasteiger charge is 2.42. The summed E-state index contributed by atoms with van der Waals surface area (Å²) >= 11 is 1.89. The van der Waals surface area contributed by atoms with Gasteiger partial charge in [0.2, 0.25) is 11.8 Å². The lowest BCUT2D eigenvalue weighted by Gasteiger charge is -2.24. The normalized spacial score (nSPS) is 27.4. The highest BCUT2D eigenvalue weighted by Crippen LogP contribution is 2.33. The molecule has 0 saturated carbocycles. The summed E-state index contributed by atoms with van der Waals surface area (Å²) in [5.74, 6) is 0.845. The van der Waals surface area contributed by atoms with Gasteiger partial charge in [-0.15, -0.1) is 0 Å². The van der Waals surface area contributed by atoms with Crippen LogP contribution in [0.4, 0.5) is 4.79 Å². The zero-order chi connectivity index (χ0) is 21.9. The molecule has 176 valence electrons. The molecule has 0 aromatic carbocycles. The van der Waals surface area contributed by atoms with E-state index >= 15 is 0 Å². The first-order valence-corrected chi connectivity index (χ1v) is 12.5. The summed E-state index contributed by atoms with van der Waals surface area (Å²) in [5.41, 5.74) is 0. The van der Waals surface area contributed by atoms with Crippen LogP contribution in [0.25, 0.3) is 0 Å². The molecule has 0 aromatic heterocycles. The molecule has 3 saturated heterocycles. The van der Waals surface area contributed by atoms with Gasteiger partial charge in [-0.1, -0.05) is 6.42 Å². The van der Waals surface area contributed by atoms with E-state index in [9.17, 15) is 14.4 Å². The highest BCUT2D eigenvalue weighted by molar-refractivity contribution is 8.00. The molecule has 0 bridgehead atoms. The van der Waals surface area contributed by atoms with Crippen LogP contribution in [0.3, 0.4) is 0 Å². The van der Waals surface area contributed by atoms with E-state index in [1.165, 1.54) is 0 Å². The smallest absolute Gasteiger partial charge is 0.315 e. The van der Waals surface area contributed by atoms with Crippen LogP contribution in [0.1, 0.15) is 25.7 Å². The fourth-order valence-electron chi connectivity index (χ4n) is 4.17. The van der Waals surface area contributed by atoms with Crippen molar-refractivity contribution in [1.82, 2.24) is 36.8 Å². The highest BCUT2D eigenvalue weighted by atomic mass is 32.2. The van der Waals surface area contributed by atoms with Crippen molar-refractivity contribution in [2.45, 2.75) is 43.0 Å². The summed E-state index contributed by atoms with van der Waals surface area (Å²) in [6.45, 7) is 6.42. The monoisotopic (exact) mass is 455 g/mol. The van der Waals surface area contributed by atoms with Crippen molar-refractivity contribution in [3.05, 3.63) is 0 Å². The van der Waals surface area contributed by atoms with Gasteiger partial charge in [-0.25, -0.2) is 4.79 Å². The average molecular weight is 456 g/mol. The molecule has 1 unspecified atom stereocenters. The Kier molecular flexibility index (Phi) is 10.2. The number of nitrogens with zero attached hydrogens (tertiary/aromatic N) is 1. The minimum atomic E-state index is -0.0715. The Labute approximate surface area is 188 Å². The minimum Gasteiger partial charge on any atom is -0.347 e. The number of nitrogens with one attached hydrogen (secondary N) is 6. The molecule has 3 aliphatic heterocycles. The minimum absolute atomic E-state index is 0.0370. The predicted octanol–water partition coefficient (Wildman–Crippen LogP) is -1.56. The lowest BCUT2D eigenvalue weighted by Crippen LogP contribution is -2.47. The lowest BCUT2D eigenvalue weighted by molar-refractivity contribution is -0.132. The second-order valence-corrected chi connectivity index (χ2v) is 9.55. The lowest BCUT2D eigenvalue weighted by atomic mass is 10.0. The fraction of sp³-hybridized carbons (Fsp3) is 0.850. The van der Waals surface area contributed by atoms with E-state index in [4.69, 9.17) is 0 Å². The van der Waals surface area contributed by atoms with Crippen molar-refractivity contribution in [3.63, 3.8) is 0 Å². The Hall–Kier alpha value is -1.56. The van der Waals surface area contributed by atoms with Crippen LogP contribution in [-0.2, 0) is 9.59 Å². The maximum absolute atomic E-state index is 12.6. The number of fused-ring (bicyclic) bond motifs is 1. The van der Waals surface area contributed by atoms with Gasteiger partial charge in [0, 0.05) is 69.8 Å². The Morgan fingerprint density at radius 1 is 0.968 bits per heavy atom. The number of thioether (sulfide) groups is 1. The molecule has 3 rings (SSSR count). The zero-order valence-electron chi connectivity index (χ0n) is 18.2. The third-order valence-electron chi connectivity index (χ3n) is 5.94. The first-order chi connectivity index (χ1) is 15.1. The second kappa shape index (κ2) is 13.1. The molecule has 4 amide bonds.